The minimum Gasteiger partial charge on any atom is -0.274 e. The molecule has 1 heterocycles. The molecule has 0 saturated heterocycles. The van der Waals surface area contributed by atoms with Crippen LogP contribution in [0, 0.1) is 10.1 Å². The van der Waals surface area contributed by atoms with E-state index in [0.29, 0.717) is 10.0 Å². The van der Waals surface area contributed by atoms with Crippen LogP contribution in [0.15, 0.2) is 40.0 Å². The first-order valence-electron chi connectivity index (χ1n) is 5.74. The van der Waals surface area contributed by atoms with Crippen molar-refractivity contribution in [2.75, 3.05) is 0 Å². The number of hydrogen-bond donors (Lipinski definition) is 1. The molecule has 1 aromatic carbocycles. The van der Waals surface area contributed by atoms with E-state index in [0.717, 1.165) is 0 Å². The van der Waals surface area contributed by atoms with Crippen LogP contribution < -0.4 is 5.43 Å². The molecular weight excluding hydrogens is 342 g/mol. The van der Waals surface area contributed by atoms with Crippen molar-refractivity contribution in [1.29, 1.82) is 0 Å². The molecule has 0 aliphatic rings. The van der Waals surface area contributed by atoms with Gasteiger partial charge in [-0.25, -0.2) is 5.43 Å². The molecule has 1 amide bonds. The second-order valence-corrected chi connectivity index (χ2v) is 4.90. The van der Waals surface area contributed by atoms with E-state index in [1.807, 2.05) is 0 Å². The second kappa shape index (κ2) is 6.27. The number of rotatable bonds is 4. The number of hydrogen-bond acceptors (Lipinski definition) is 5. The molecule has 108 valence electrons. The summed E-state index contributed by atoms with van der Waals surface area (Å²) in [7, 11) is 1.70. The number of hydrazone groups is 1. The molecule has 0 atom stereocenters. The first kappa shape index (κ1) is 14.9. The molecule has 2 rings (SSSR count). The largest absolute Gasteiger partial charge is 0.293 e. The number of nitrogens with one attached hydrogen (secondary N) is 1. The molecule has 21 heavy (non-hydrogen) atoms. The number of nitrogens with zero attached hydrogens (tertiary/aromatic N) is 4. The number of non-ortho nitro benzene ring substituents is 1. The third-order valence-corrected chi connectivity index (χ3v) is 3.06. The van der Waals surface area contributed by atoms with Gasteiger partial charge in [-0.05, 0) is 33.6 Å². The minimum absolute atomic E-state index is 0.00592. The van der Waals surface area contributed by atoms with Crippen molar-refractivity contribution in [3.8, 4) is 0 Å². The monoisotopic (exact) mass is 351 g/mol. The Morgan fingerprint density at radius 1 is 1.48 bits per heavy atom. The highest BCUT2D eigenvalue weighted by Gasteiger charge is 2.13. The van der Waals surface area contributed by atoms with Gasteiger partial charge >= 0.3 is 0 Å². The van der Waals surface area contributed by atoms with E-state index in [1.165, 1.54) is 35.2 Å². The standard InChI is InChI=1S/C12H10BrN5O3/c1-17-7-10(13)11(16-17)12(19)15-14-6-8-2-4-9(5-3-8)18(20)21/h2-7H,1H3,(H,15,19). The van der Waals surface area contributed by atoms with Crippen molar-refractivity contribution >= 4 is 33.7 Å². The molecule has 1 N–H and O–H groups in total. The van der Waals surface area contributed by atoms with Gasteiger partial charge in [-0.1, -0.05) is 0 Å². The molecule has 0 bridgehead atoms. The van der Waals surface area contributed by atoms with Gasteiger partial charge in [0.25, 0.3) is 11.6 Å². The first-order valence-corrected chi connectivity index (χ1v) is 6.53. The number of halogens is 1. The van der Waals surface area contributed by atoms with E-state index in [9.17, 15) is 14.9 Å². The summed E-state index contributed by atoms with van der Waals surface area (Å²) in [5, 5.41) is 18.3. The lowest BCUT2D eigenvalue weighted by Crippen LogP contribution is -2.18. The van der Waals surface area contributed by atoms with E-state index in [4.69, 9.17) is 0 Å². The average Bonchev–Trinajstić information content (AvgIpc) is 2.78. The summed E-state index contributed by atoms with van der Waals surface area (Å²) in [4.78, 5) is 21.8. The van der Waals surface area contributed by atoms with Crippen LogP contribution >= 0.6 is 15.9 Å². The van der Waals surface area contributed by atoms with Crippen molar-refractivity contribution < 1.29 is 9.72 Å². The van der Waals surface area contributed by atoms with Gasteiger partial charge in [-0.3, -0.25) is 19.6 Å². The zero-order valence-corrected chi connectivity index (χ0v) is 12.4. The summed E-state index contributed by atoms with van der Waals surface area (Å²) in [5.74, 6) is -0.458. The van der Waals surface area contributed by atoms with Gasteiger partial charge in [0.2, 0.25) is 0 Å². The Bertz CT molecular complexity index is 708. The fourth-order valence-corrected chi connectivity index (χ4v) is 2.07. The normalized spacial score (nSPS) is 10.8. The summed E-state index contributed by atoms with van der Waals surface area (Å²) < 4.78 is 2.06. The van der Waals surface area contributed by atoms with Gasteiger partial charge in [0.05, 0.1) is 15.6 Å². The topological polar surface area (TPSA) is 102 Å². The molecule has 0 spiro atoms. The van der Waals surface area contributed by atoms with Crippen LogP contribution in [0.1, 0.15) is 16.1 Å². The van der Waals surface area contributed by atoms with Crippen LogP contribution in [-0.4, -0.2) is 26.8 Å². The van der Waals surface area contributed by atoms with Gasteiger partial charge in [0.1, 0.15) is 0 Å². The minimum atomic E-state index is -0.485. The van der Waals surface area contributed by atoms with Crippen LogP contribution in [0.3, 0.4) is 0 Å². The van der Waals surface area contributed by atoms with Gasteiger partial charge in [0, 0.05) is 25.4 Å². The molecule has 2 aromatic rings. The summed E-state index contributed by atoms with van der Waals surface area (Å²) >= 11 is 3.22. The zero-order valence-electron chi connectivity index (χ0n) is 10.9. The first-order chi connectivity index (χ1) is 9.97. The van der Waals surface area contributed by atoms with E-state index in [-0.39, 0.29) is 11.4 Å². The maximum atomic E-state index is 11.8. The molecule has 0 aliphatic carbocycles. The van der Waals surface area contributed by atoms with Crippen LogP contribution in [0.25, 0.3) is 0 Å². The molecule has 1 aromatic heterocycles. The highest BCUT2D eigenvalue weighted by atomic mass is 79.9. The number of nitro groups is 1. The summed E-state index contributed by atoms with van der Waals surface area (Å²) in [6.07, 6.45) is 3.04. The second-order valence-electron chi connectivity index (χ2n) is 4.05. The number of carbonyl (C=O) groups is 1. The Morgan fingerprint density at radius 2 is 2.14 bits per heavy atom. The fraction of sp³-hybridized carbons (Fsp3) is 0.0833. The zero-order chi connectivity index (χ0) is 15.4. The number of aromatic nitrogens is 2. The predicted octanol–water partition coefficient (Wildman–Crippen LogP) is 1.85. The van der Waals surface area contributed by atoms with E-state index < -0.39 is 10.8 Å². The number of benzene rings is 1. The molecule has 0 radical (unpaired) electrons. The Hall–Kier alpha value is -2.55. The molecular formula is C12H10BrN5O3. The number of amides is 1. The molecule has 0 fully saturated rings. The Balaban J connectivity index is 2.00. The van der Waals surface area contributed by atoms with Gasteiger partial charge in [0.15, 0.2) is 5.69 Å². The maximum absolute atomic E-state index is 11.8. The predicted molar refractivity (Wildman–Crippen MR) is 79.1 cm³/mol. The van der Waals surface area contributed by atoms with Crippen molar-refractivity contribution in [3.05, 3.63) is 56.3 Å². The third-order valence-electron chi connectivity index (χ3n) is 2.48. The quantitative estimate of drug-likeness (QED) is 0.515. The molecule has 0 saturated carbocycles. The molecule has 0 aliphatic heterocycles. The van der Waals surface area contributed by atoms with Crippen molar-refractivity contribution in [1.82, 2.24) is 15.2 Å². The summed E-state index contributed by atoms with van der Waals surface area (Å²) in [6.45, 7) is 0. The van der Waals surface area contributed by atoms with Crippen LogP contribution in [0.4, 0.5) is 5.69 Å². The van der Waals surface area contributed by atoms with E-state index >= 15 is 0 Å². The van der Waals surface area contributed by atoms with Gasteiger partial charge in [-0.2, -0.15) is 10.2 Å². The lowest BCUT2D eigenvalue weighted by molar-refractivity contribution is -0.384. The summed E-state index contributed by atoms with van der Waals surface area (Å²) in [6, 6.07) is 5.78. The summed E-state index contributed by atoms with van der Waals surface area (Å²) in [5.41, 5.74) is 3.17. The van der Waals surface area contributed by atoms with Crippen LogP contribution in [0.5, 0.6) is 0 Å². The van der Waals surface area contributed by atoms with Crippen molar-refractivity contribution in [2.45, 2.75) is 0 Å². The Labute approximate surface area is 127 Å². The van der Waals surface area contributed by atoms with Gasteiger partial charge < -0.3 is 0 Å². The smallest absolute Gasteiger partial charge is 0.274 e. The maximum Gasteiger partial charge on any atom is 0.293 e. The third kappa shape index (κ3) is 3.72. The van der Waals surface area contributed by atoms with Crippen LogP contribution in [-0.2, 0) is 7.05 Å². The van der Waals surface area contributed by atoms with Crippen LogP contribution in [0.2, 0.25) is 0 Å². The van der Waals surface area contributed by atoms with Crippen molar-refractivity contribution in [2.24, 2.45) is 12.1 Å². The molecule has 8 nitrogen and oxygen atoms in total. The molecule has 9 heteroatoms. The average molecular weight is 352 g/mol. The number of aryl methyl sites for hydroxylation is 1. The number of nitro benzene ring substituents is 1. The van der Waals surface area contributed by atoms with Gasteiger partial charge in [-0.15, -0.1) is 0 Å². The lowest BCUT2D eigenvalue weighted by Gasteiger charge is -1.96. The van der Waals surface area contributed by atoms with E-state index in [2.05, 4.69) is 31.6 Å². The van der Waals surface area contributed by atoms with E-state index in [1.54, 1.807) is 13.2 Å². The van der Waals surface area contributed by atoms with Crippen molar-refractivity contribution in [3.63, 3.8) is 0 Å². The Kier molecular flexibility index (Phi) is 4.43. The number of carbonyl (C=O) groups excluding carboxylic acids is 1. The highest BCUT2D eigenvalue weighted by Crippen LogP contribution is 2.14. The fourth-order valence-electron chi connectivity index (χ4n) is 1.51. The SMILES string of the molecule is Cn1cc(Br)c(C(=O)NN=Cc2ccc([N+](=O)[O-])cc2)n1. The lowest BCUT2D eigenvalue weighted by atomic mass is 10.2. The Morgan fingerprint density at radius 3 is 2.67 bits per heavy atom. The molecule has 0 unspecified atom stereocenters. The highest BCUT2D eigenvalue weighted by molar-refractivity contribution is 9.10.